The van der Waals surface area contributed by atoms with E-state index in [4.69, 9.17) is 4.74 Å². The lowest BCUT2D eigenvalue weighted by Gasteiger charge is -2.12. The van der Waals surface area contributed by atoms with Gasteiger partial charge in [-0.15, -0.1) is 0 Å². The van der Waals surface area contributed by atoms with Gasteiger partial charge in [0.15, 0.2) is 0 Å². The van der Waals surface area contributed by atoms with Crippen LogP contribution in [0.2, 0.25) is 0 Å². The summed E-state index contributed by atoms with van der Waals surface area (Å²) in [5.74, 6) is 0.541. The van der Waals surface area contributed by atoms with Crippen molar-refractivity contribution in [2.24, 2.45) is 5.92 Å². The van der Waals surface area contributed by atoms with Crippen molar-refractivity contribution in [1.82, 2.24) is 0 Å². The van der Waals surface area contributed by atoms with Crippen molar-refractivity contribution in [3.8, 4) is 5.75 Å². The first-order chi connectivity index (χ1) is 8.41. The third-order valence-electron chi connectivity index (χ3n) is 2.39. The lowest BCUT2D eigenvalue weighted by atomic mass is 10.1. The van der Waals surface area contributed by atoms with Crippen molar-refractivity contribution in [2.75, 3.05) is 0 Å². The Morgan fingerprint density at radius 1 is 1.28 bits per heavy atom. The Hall–Kier alpha value is -1.84. The van der Waals surface area contributed by atoms with E-state index in [1.54, 1.807) is 19.9 Å². The van der Waals surface area contributed by atoms with Gasteiger partial charge in [0.05, 0.1) is 11.0 Å². The number of ether oxygens (including phenoxy) is 1. The maximum absolute atomic E-state index is 11.0. The molecule has 0 radical (unpaired) electrons. The largest absolute Gasteiger partial charge is 0.490 e. The highest BCUT2D eigenvalue weighted by Gasteiger charge is 2.16. The van der Waals surface area contributed by atoms with E-state index in [1.807, 2.05) is 38.1 Å². The Balaban J connectivity index is 3.16. The second kappa shape index (κ2) is 6.19. The van der Waals surface area contributed by atoms with Gasteiger partial charge in [0.2, 0.25) is 5.70 Å². The van der Waals surface area contributed by atoms with E-state index in [0.717, 1.165) is 5.56 Å². The van der Waals surface area contributed by atoms with Crippen LogP contribution in [0, 0.1) is 16.0 Å². The fourth-order valence-electron chi connectivity index (χ4n) is 1.55. The summed E-state index contributed by atoms with van der Waals surface area (Å²) in [6, 6.07) is 7.35. The predicted octanol–water partition coefficient (Wildman–Crippen LogP) is 3.75. The summed E-state index contributed by atoms with van der Waals surface area (Å²) < 4.78 is 5.64. The van der Waals surface area contributed by atoms with Crippen molar-refractivity contribution in [3.63, 3.8) is 0 Å². The van der Waals surface area contributed by atoms with E-state index in [1.165, 1.54) is 0 Å². The average Bonchev–Trinajstić information content (AvgIpc) is 2.26. The highest BCUT2D eigenvalue weighted by Crippen LogP contribution is 2.24. The van der Waals surface area contributed by atoms with Crippen molar-refractivity contribution >= 4 is 6.08 Å². The molecule has 0 aliphatic rings. The highest BCUT2D eigenvalue weighted by atomic mass is 16.6. The fourth-order valence-corrected chi connectivity index (χ4v) is 1.55. The minimum atomic E-state index is -0.336. The van der Waals surface area contributed by atoms with Gasteiger partial charge in [0.25, 0.3) is 0 Å². The molecule has 0 aliphatic carbocycles. The summed E-state index contributed by atoms with van der Waals surface area (Å²) in [4.78, 5) is 10.6. The quantitative estimate of drug-likeness (QED) is 0.590. The summed E-state index contributed by atoms with van der Waals surface area (Å²) in [5.41, 5.74) is 0.932. The van der Waals surface area contributed by atoms with Gasteiger partial charge < -0.3 is 4.74 Å². The number of hydrogen-bond donors (Lipinski definition) is 0. The van der Waals surface area contributed by atoms with E-state index in [0.29, 0.717) is 5.75 Å². The van der Waals surface area contributed by atoms with Crippen LogP contribution in [-0.2, 0) is 0 Å². The number of benzene rings is 1. The number of rotatable bonds is 5. The number of allylic oxidation sites excluding steroid dienone is 1. The highest BCUT2D eigenvalue weighted by molar-refractivity contribution is 5.58. The first kappa shape index (κ1) is 14.2. The average molecular weight is 249 g/mol. The van der Waals surface area contributed by atoms with Crippen LogP contribution in [0.15, 0.2) is 30.0 Å². The van der Waals surface area contributed by atoms with Crippen LogP contribution in [0.3, 0.4) is 0 Å². The fraction of sp³-hybridized carbons (Fsp3) is 0.429. The molecule has 98 valence electrons. The third-order valence-corrected chi connectivity index (χ3v) is 2.39. The van der Waals surface area contributed by atoms with Gasteiger partial charge in [-0.1, -0.05) is 32.0 Å². The van der Waals surface area contributed by atoms with Gasteiger partial charge in [-0.05, 0) is 19.9 Å². The number of nitrogens with zero attached hydrogens (tertiary/aromatic N) is 1. The molecule has 0 heterocycles. The zero-order valence-electron chi connectivity index (χ0n) is 11.2. The monoisotopic (exact) mass is 249 g/mol. The Morgan fingerprint density at radius 3 is 2.39 bits per heavy atom. The zero-order chi connectivity index (χ0) is 13.7. The molecular formula is C14H19NO3. The lowest BCUT2D eigenvalue weighted by Crippen LogP contribution is -2.08. The molecule has 0 saturated heterocycles. The minimum absolute atomic E-state index is 0.0395. The van der Waals surface area contributed by atoms with Crippen LogP contribution in [0.25, 0.3) is 6.08 Å². The summed E-state index contributed by atoms with van der Waals surface area (Å²) in [5, 5.41) is 11.0. The van der Waals surface area contributed by atoms with Gasteiger partial charge in [0.1, 0.15) is 5.75 Å². The molecule has 1 aromatic rings. The normalized spacial score (nSPS) is 12.0. The van der Waals surface area contributed by atoms with Gasteiger partial charge in [-0.3, -0.25) is 10.1 Å². The second-order valence-corrected chi connectivity index (χ2v) is 4.69. The van der Waals surface area contributed by atoms with Crippen LogP contribution in [-0.4, -0.2) is 11.0 Å². The molecule has 1 aromatic carbocycles. The van der Waals surface area contributed by atoms with E-state index in [9.17, 15) is 10.1 Å². The Morgan fingerprint density at radius 2 is 1.89 bits per heavy atom. The van der Waals surface area contributed by atoms with Gasteiger partial charge in [-0.2, -0.15) is 0 Å². The molecule has 0 fully saturated rings. The van der Waals surface area contributed by atoms with Crippen LogP contribution >= 0.6 is 0 Å². The molecule has 0 spiro atoms. The molecule has 0 unspecified atom stereocenters. The molecular weight excluding hydrogens is 230 g/mol. The number of nitro groups is 1. The van der Waals surface area contributed by atoms with Crippen molar-refractivity contribution < 1.29 is 9.66 Å². The van der Waals surface area contributed by atoms with Crippen LogP contribution < -0.4 is 4.74 Å². The SMILES string of the molecule is CC(C)Oc1ccccc1/C=C(/C(C)C)[N+](=O)[O-]. The lowest BCUT2D eigenvalue weighted by molar-refractivity contribution is -0.431. The maximum Gasteiger partial charge on any atom is 0.249 e. The molecule has 0 bridgehead atoms. The first-order valence-corrected chi connectivity index (χ1v) is 6.03. The summed E-state index contributed by atoms with van der Waals surface area (Å²) >= 11 is 0. The predicted molar refractivity (Wildman–Crippen MR) is 72.0 cm³/mol. The molecule has 0 N–H and O–H groups in total. The van der Waals surface area contributed by atoms with Gasteiger partial charge >= 0.3 is 0 Å². The minimum Gasteiger partial charge on any atom is -0.490 e. The number of para-hydroxylation sites is 1. The maximum atomic E-state index is 11.0. The molecule has 0 amide bonds. The topological polar surface area (TPSA) is 52.4 Å². The molecule has 1 rings (SSSR count). The van der Waals surface area contributed by atoms with Crippen LogP contribution in [0.4, 0.5) is 0 Å². The Bertz CT molecular complexity index is 450. The van der Waals surface area contributed by atoms with Crippen molar-refractivity contribution in [2.45, 2.75) is 33.8 Å². The van der Waals surface area contributed by atoms with Crippen molar-refractivity contribution in [1.29, 1.82) is 0 Å². The van der Waals surface area contributed by atoms with Crippen molar-refractivity contribution in [3.05, 3.63) is 45.6 Å². The first-order valence-electron chi connectivity index (χ1n) is 6.03. The molecule has 0 aliphatic heterocycles. The second-order valence-electron chi connectivity index (χ2n) is 4.69. The summed E-state index contributed by atoms with van der Waals surface area (Å²) in [7, 11) is 0. The molecule has 0 aromatic heterocycles. The number of hydrogen-bond acceptors (Lipinski definition) is 3. The summed E-state index contributed by atoms with van der Waals surface area (Å²) in [6.07, 6.45) is 1.63. The van der Waals surface area contributed by atoms with Crippen LogP contribution in [0.5, 0.6) is 5.75 Å². The molecule has 0 atom stereocenters. The standard InChI is InChI=1S/C14H19NO3/c1-10(2)13(15(16)17)9-12-7-5-6-8-14(12)18-11(3)4/h5-11H,1-4H3/b13-9-. The Labute approximate surface area is 107 Å². The van der Waals surface area contributed by atoms with E-state index in [2.05, 4.69) is 0 Å². The molecule has 18 heavy (non-hydrogen) atoms. The van der Waals surface area contributed by atoms with Gasteiger partial charge in [0, 0.05) is 17.6 Å². The smallest absolute Gasteiger partial charge is 0.249 e. The molecule has 0 saturated carbocycles. The molecule has 4 nitrogen and oxygen atoms in total. The Kier molecular flexibility index (Phi) is 4.89. The van der Waals surface area contributed by atoms with E-state index < -0.39 is 0 Å². The zero-order valence-corrected chi connectivity index (χ0v) is 11.2. The van der Waals surface area contributed by atoms with Gasteiger partial charge in [-0.25, -0.2) is 0 Å². The molecule has 4 heteroatoms. The van der Waals surface area contributed by atoms with Crippen LogP contribution in [0.1, 0.15) is 33.3 Å². The third kappa shape index (κ3) is 3.87. The summed E-state index contributed by atoms with van der Waals surface area (Å²) in [6.45, 7) is 7.47. The van der Waals surface area contributed by atoms with E-state index >= 15 is 0 Å². The van der Waals surface area contributed by atoms with E-state index in [-0.39, 0.29) is 22.6 Å².